The van der Waals surface area contributed by atoms with Gasteiger partial charge in [0.25, 0.3) is 5.91 Å². The Morgan fingerprint density at radius 3 is 2.44 bits per heavy atom. The number of phenols is 1. The van der Waals surface area contributed by atoms with E-state index in [4.69, 9.17) is 0 Å². The van der Waals surface area contributed by atoms with Gasteiger partial charge in [-0.1, -0.05) is 60.7 Å². The lowest BCUT2D eigenvalue weighted by atomic mass is 10.0. The molecule has 3 aromatic carbocycles. The summed E-state index contributed by atoms with van der Waals surface area (Å²) >= 11 is 0. The Bertz CT molecular complexity index is 982. The molecule has 134 valence electrons. The molecule has 0 heterocycles. The molecular formula is C22H18N2O3. The average molecular weight is 358 g/mol. The largest absolute Gasteiger partial charge is 0.507 e. The van der Waals surface area contributed by atoms with E-state index >= 15 is 0 Å². The zero-order valence-corrected chi connectivity index (χ0v) is 14.5. The Balaban J connectivity index is 1.65. The first kappa shape index (κ1) is 18.1. The topological polar surface area (TPSA) is 78.8 Å². The van der Waals surface area contributed by atoms with Crippen LogP contribution in [-0.2, 0) is 6.42 Å². The zero-order valence-electron chi connectivity index (χ0n) is 14.5. The summed E-state index contributed by atoms with van der Waals surface area (Å²) < 4.78 is 0. The van der Waals surface area contributed by atoms with Crippen LogP contribution in [0.4, 0.5) is 0 Å². The van der Waals surface area contributed by atoms with Crippen molar-refractivity contribution in [3.05, 3.63) is 101 Å². The van der Waals surface area contributed by atoms with Gasteiger partial charge < -0.3 is 5.11 Å². The van der Waals surface area contributed by atoms with E-state index in [1.165, 1.54) is 18.3 Å². The lowest BCUT2D eigenvalue weighted by Gasteiger charge is -2.03. The summed E-state index contributed by atoms with van der Waals surface area (Å²) in [5.74, 6) is -0.617. The number of nitrogens with zero attached hydrogens (tertiary/aromatic N) is 1. The van der Waals surface area contributed by atoms with Crippen molar-refractivity contribution in [3.8, 4) is 5.75 Å². The molecule has 0 aliphatic heterocycles. The average Bonchev–Trinajstić information content (AvgIpc) is 2.69. The molecule has 3 aromatic rings. The van der Waals surface area contributed by atoms with Gasteiger partial charge in [0.1, 0.15) is 5.75 Å². The van der Waals surface area contributed by atoms with Crippen LogP contribution in [0.25, 0.3) is 0 Å². The number of hydrogen-bond donors (Lipinski definition) is 2. The lowest BCUT2D eigenvalue weighted by molar-refractivity contribution is 0.0950. The Kier molecular flexibility index (Phi) is 5.74. The highest BCUT2D eigenvalue weighted by molar-refractivity contribution is 5.99. The van der Waals surface area contributed by atoms with Gasteiger partial charge in [-0.05, 0) is 29.3 Å². The molecule has 27 heavy (non-hydrogen) atoms. The molecule has 1 amide bonds. The third-order valence-electron chi connectivity index (χ3n) is 3.94. The van der Waals surface area contributed by atoms with E-state index in [1.807, 2.05) is 30.3 Å². The van der Waals surface area contributed by atoms with Gasteiger partial charge in [0.05, 0.1) is 11.8 Å². The molecule has 0 unspecified atom stereocenters. The molecule has 0 atom stereocenters. The maximum absolute atomic E-state index is 12.4. The SMILES string of the molecule is O=C(Cc1ccccc1)c1cccc(/C=N/NC(=O)c2ccccc2O)c1. The third-order valence-corrected chi connectivity index (χ3v) is 3.94. The minimum atomic E-state index is -0.513. The number of carbonyl (C=O) groups is 2. The van der Waals surface area contributed by atoms with Crippen LogP contribution >= 0.6 is 0 Å². The first-order chi connectivity index (χ1) is 13.1. The fraction of sp³-hybridized carbons (Fsp3) is 0.0455. The van der Waals surface area contributed by atoms with Gasteiger partial charge >= 0.3 is 0 Å². The van der Waals surface area contributed by atoms with Gasteiger partial charge in [0.15, 0.2) is 5.78 Å². The number of amides is 1. The summed E-state index contributed by atoms with van der Waals surface area (Å²) in [5, 5.41) is 13.6. The number of hydrogen-bond acceptors (Lipinski definition) is 4. The molecule has 3 rings (SSSR count). The van der Waals surface area contributed by atoms with E-state index in [2.05, 4.69) is 10.5 Å². The summed E-state index contributed by atoms with van der Waals surface area (Å²) in [5.41, 5.74) is 4.72. The predicted molar refractivity (Wildman–Crippen MR) is 104 cm³/mol. The van der Waals surface area contributed by atoms with Crippen molar-refractivity contribution in [3.63, 3.8) is 0 Å². The smallest absolute Gasteiger partial charge is 0.275 e. The van der Waals surface area contributed by atoms with Crippen LogP contribution in [0.15, 0.2) is 84.0 Å². The number of rotatable bonds is 6. The molecule has 0 saturated carbocycles. The molecule has 2 N–H and O–H groups in total. The molecule has 0 fully saturated rings. The van der Waals surface area contributed by atoms with Gasteiger partial charge in [-0.3, -0.25) is 9.59 Å². The van der Waals surface area contributed by atoms with Crippen molar-refractivity contribution in [2.75, 3.05) is 0 Å². The lowest BCUT2D eigenvalue weighted by Crippen LogP contribution is -2.17. The fourth-order valence-electron chi connectivity index (χ4n) is 2.57. The number of phenolic OH excluding ortho intramolecular Hbond substituents is 1. The number of carbonyl (C=O) groups excluding carboxylic acids is 2. The Morgan fingerprint density at radius 1 is 0.926 bits per heavy atom. The van der Waals surface area contributed by atoms with Gasteiger partial charge in [0.2, 0.25) is 0 Å². The van der Waals surface area contributed by atoms with Gasteiger partial charge in [-0.25, -0.2) is 5.43 Å². The highest BCUT2D eigenvalue weighted by Gasteiger charge is 2.09. The summed E-state index contributed by atoms with van der Waals surface area (Å²) in [6.07, 6.45) is 1.78. The maximum atomic E-state index is 12.4. The zero-order chi connectivity index (χ0) is 19.1. The number of benzene rings is 3. The number of hydrazone groups is 1. The van der Waals surface area contributed by atoms with Gasteiger partial charge in [-0.15, -0.1) is 0 Å². The number of para-hydroxylation sites is 1. The Labute approximate surface area is 157 Å². The van der Waals surface area contributed by atoms with E-state index in [9.17, 15) is 14.7 Å². The van der Waals surface area contributed by atoms with Crippen LogP contribution < -0.4 is 5.43 Å². The molecule has 0 saturated heterocycles. The van der Waals surface area contributed by atoms with E-state index in [0.29, 0.717) is 17.5 Å². The van der Waals surface area contributed by atoms with Crippen molar-refractivity contribution in [1.29, 1.82) is 0 Å². The molecule has 0 aromatic heterocycles. The quantitative estimate of drug-likeness (QED) is 0.402. The van der Waals surface area contributed by atoms with Crippen LogP contribution in [0, 0.1) is 0 Å². The summed E-state index contributed by atoms with van der Waals surface area (Å²) in [6, 6.07) is 22.8. The Morgan fingerprint density at radius 2 is 1.67 bits per heavy atom. The second-order valence-corrected chi connectivity index (χ2v) is 5.93. The van der Waals surface area contributed by atoms with Gasteiger partial charge in [-0.2, -0.15) is 5.10 Å². The van der Waals surface area contributed by atoms with E-state index < -0.39 is 5.91 Å². The number of nitrogens with one attached hydrogen (secondary N) is 1. The van der Waals surface area contributed by atoms with Crippen molar-refractivity contribution < 1.29 is 14.7 Å². The molecule has 5 nitrogen and oxygen atoms in total. The molecule has 0 spiro atoms. The van der Waals surface area contributed by atoms with E-state index in [0.717, 1.165) is 5.56 Å². The molecule has 0 bridgehead atoms. The van der Waals surface area contributed by atoms with Crippen molar-refractivity contribution in [1.82, 2.24) is 5.43 Å². The Hall–Kier alpha value is -3.73. The summed E-state index contributed by atoms with van der Waals surface area (Å²) in [4.78, 5) is 24.4. The van der Waals surface area contributed by atoms with Crippen molar-refractivity contribution in [2.24, 2.45) is 5.10 Å². The van der Waals surface area contributed by atoms with Gasteiger partial charge in [0, 0.05) is 12.0 Å². The first-order valence-corrected chi connectivity index (χ1v) is 8.42. The minimum Gasteiger partial charge on any atom is -0.507 e. The fourth-order valence-corrected chi connectivity index (χ4v) is 2.57. The standard InChI is InChI=1S/C22H18N2O3/c25-20-12-5-4-11-19(20)22(27)24-23-15-17-9-6-10-18(13-17)21(26)14-16-7-2-1-3-8-16/h1-13,15,25H,14H2,(H,24,27)/b23-15+. The molecule has 0 aliphatic rings. The minimum absolute atomic E-state index is 0.00898. The monoisotopic (exact) mass is 358 g/mol. The molecule has 0 radical (unpaired) electrons. The highest BCUT2D eigenvalue weighted by atomic mass is 16.3. The number of aromatic hydroxyl groups is 1. The number of Topliss-reactive ketones (excluding diaryl/α,β-unsaturated/α-hetero) is 1. The second kappa shape index (κ2) is 8.58. The van der Waals surface area contributed by atoms with Crippen LogP contribution in [0.5, 0.6) is 5.75 Å². The molecular weight excluding hydrogens is 340 g/mol. The van der Waals surface area contributed by atoms with Crippen LogP contribution in [0.2, 0.25) is 0 Å². The second-order valence-electron chi connectivity index (χ2n) is 5.93. The predicted octanol–water partition coefficient (Wildman–Crippen LogP) is 3.58. The molecule has 5 heteroatoms. The maximum Gasteiger partial charge on any atom is 0.275 e. The normalized spacial score (nSPS) is 10.7. The number of ketones is 1. The van der Waals surface area contributed by atoms with Crippen molar-refractivity contribution in [2.45, 2.75) is 6.42 Å². The summed E-state index contributed by atoms with van der Waals surface area (Å²) in [7, 11) is 0. The highest BCUT2D eigenvalue weighted by Crippen LogP contribution is 2.15. The summed E-state index contributed by atoms with van der Waals surface area (Å²) in [6.45, 7) is 0. The van der Waals surface area contributed by atoms with E-state index in [-0.39, 0.29) is 17.1 Å². The van der Waals surface area contributed by atoms with Crippen LogP contribution in [0.3, 0.4) is 0 Å². The van der Waals surface area contributed by atoms with Crippen LogP contribution in [0.1, 0.15) is 31.8 Å². The molecule has 0 aliphatic carbocycles. The van der Waals surface area contributed by atoms with E-state index in [1.54, 1.807) is 36.4 Å². The first-order valence-electron chi connectivity index (χ1n) is 8.42. The third kappa shape index (κ3) is 4.89. The van der Waals surface area contributed by atoms with Crippen molar-refractivity contribution >= 4 is 17.9 Å². The van der Waals surface area contributed by atoms with Crippen LogP contribution in [-0.4, -0.2) is 23.0 Å².